The van der Waals surface area contributed by atoms with Gasteiger partial charge in [-0.2, -0.15) is 0 Å². The van der Waals surface area contributed by atoms with E-state index in [4.69, 9.17) is 0 Å². The lowest BCUT2D eigenvalue weighted by atomic mass is 10.0. The van der Waals surface area contributed by atoms with Crippen LogP contribution in [0, 0.1) is 5.82 Å². The maximum Gasteiger partial charge on any atom is 0.131 e. The van der Waals surface area contributed by atoms with Crippen LogP contribution in [0.25, 0.3) is 11.1 Å². The fraction of sp³-hybridized carbons (Fsp3) is 0.250. The maximum absolute atomic E-state index is 14.0. The molecule has 2 aromatic rings. The van der Waals surface area contributed by atoms with Crippen LogP contribution >= 0.6 is 15.9 Å². The molecule has 0 aliphatic rings. The summed E-state index contributed by atoms with van der Waals surface area (Å²) in [7, 11) is 0. The molecular weight excluding hydrogens is 305 g/mol. The molecule has 0 bridgehead atoms. The number of benzene rings is 2. The molecule has 0 fully saturated rings. The summed E-state index contributed by atoms with van der Waals surface area (Å²) in [6, 6.07) is 13.4. The molecule has 2 aromatic carbocycles. The summed E-state index contributed by atoms with van der Waals surface area (Å²) in [5, 5.41) is 3.34. The van der Waals surface area contributed by atoms with Crippen LogP contribution in [0.3, 0.4) is 0 Å². The molecule has 0 aliphatic heterocycles. The highest BCUT2D eigenvalue weighted by Crippen LogP contribution is 2.26. The van der Waals surface area contributed by atoms with Gasteiger partial charge in [0, 0.05) is 22.6 Å². The van der Waals surface area contributed by atoms with Crippen LogP contribution < -0.4 is 5.32 Å². The van der Waals surface area contributed by atoms with Gasteiger partial charge < -0.3 is 5.32 Å². The molecule has 0 aliphatic carbocycles. The van der Waals surface area contributed by atoms with Crippen LogP contribution in [0.4, 0.5) is 4.39 Å². The summed E-state index contributed by atoms with van der Waals surface area (Å²) >= 11 is 3.42. The summed E-state index contributed by atoms with van der Waals surface area (Å²) in [6.45, 7) is 4.94. The lowest BCUT2D eigenvalue weighted by Gasteiger charge is -2.10. The Morgan fingerprint density at radius 1 is 1.16 bits per heavy atom. The van der Waals surface area contributed by atoms with Crippen LogP contribution in [0.2, 0.25) is 0 Å². The van der Waals surface area contributed by atoms with E-state index in [1.54, 1.807) is 0 Å². The summed E-state index contributed by atoms with van der Waals surface area (Å²) in [5.74, 6) is -0.189. The fourth-order valence-electron chi connectivity index (χ4n) is 1.88. The Hall–Kier alpha value is -1.19. The van der Waals surface area contributed by atoms with Gasteiger partial charge in [0.2, 0.25) is 0 Å². The highest BCUT2D eigenvalue weighted by Gasteiger charge is 2.07. The smallest absolute Gasteiger partial charge is 0.131 e. The molecule has 0 unspecified atom stereocenters. The van der Waals surface area contributed by atoms with Crippen LogP contribution in [0.15, 0.2) is 46.9 Å². The van der Waals surface area contributed by atoms with E-state index in [9.17, 15) is 4.39 Å². The third-order valence-corrected chi connectivity index (χ3v) is 3.37. The van der Waals surface area contributed by atoms with Gasteiger partial charge >= 0.3 is 0 Å². The van der Waals surface area contributed by atoms with Crippen molar-refractivity contribution in [2.75, 3.05) is 0 Å². The van der Waals surface area contributed by atoms with Crippen molar-refractivity contribution in [2.24, 2.45) is 0 Å². The van der Waals surface area contributed by atoms with Crippen molar-refractivity contribution in [3.8, 4) is 11.1 Å². The van der Waals surface area contributed by atoms with Crippen LogP contribution in [0.5, 0.6) is 0 Å². The third kappa shape index (κ3) is 3.88. The minimum Gasteiger partial charge on any atom is -0.310 e. The van der Waals surface area contributed by atoms with Gasteiger partial charge in [-0.1, -0.05) is 48.0 Å². The molecular formula is C16H17BrFN. The molecule has 1 N–H and O–H groups in total. The van der Waals surface area contributed by atoms with Gasteiger partial charge in [0.05, 0.1) is 0 Å². The molecule has 0 amide bonds. The highest BCUT2D eigenvalue weighted by atomic mass is 79.9. The topological polar surface area (TPSA) is 12.0 Å². The lowest BCUT2D eigenvalue weighted by molar-refractivity contribution is 0.586. The number of hydrogen-bond acceptors (Lipinski definition) is 1. The Kier molecular flexibility index (Phi) is 4.72. The molecule has 0 atom stereocenters. The molecule has 3 heteroatoms. The summed E-state index contributed by atoms with van der Waals surface area (Å²) in [5.41, 5.74) is 2.62. The van der Waals surface area contributed by atoms with Crippen LogP contribution in [-0.2, 0) is 6.54 Å². The van der Waals surface area contributed by atoms with Crippen molar-refractivity contribution >= 4 is 15.9 Å². The first kappa shape index (κ1) is 14.2. The van der Waals surface area contributed by atoms with E-state index in [1.807, 2.05) is 36.4 Å². The summed E-state index contributed by atoms with van der Waals surface area (Å²) in [4.78, 5) is 0. The van der Waals surface area contributed by atoms with E-state index >= 15 is 0 Å². The van der Waals surface area contributed by atoms with Crippen LogP contribution in [-0.4, -0.2) is 6.04 Å². The minimum absolute atomic E-state index is 0.189. The van der Waals surface area contributed by atoms with E-state index in [2.05, 4.69) is 35.1 Å². The van der Waals surface area contributed by atoms with E-state index < -0.39 is 0 Å². The van der Waals surface area contributed by atoms with E-state index in [-0.39, 0.29) is 5.82 Å². The van der Waals surface area contributed by atoms with Crippen molar-refractivity contribution in [1.29, 1.82) is 0 Å². The molecule has 2 rings (SSSR count). The van der Waals surface area contributed by atoms with Crippen molar-refractivity contribution in [3.63, 3.8) is 0 Å². The minimum atomic E-state index is -0.189. The van der Waals surface area contributed by atoms with E-state index in [1.165, 1.54) is 6.07 Å². The molecule has 0 aromatic heterocycles. The monoisotopic (exact) mass is 321 g/mol. The van der Waals surface area contributed by atoms with E-state index in [0.29, 0.717) is 11.6 Å². The second-order valence-corrected chi connectivity index (χ2v) is 5.78. The Morgan fingerprint density at radius 3 is 2.63 bits per heavy atom. The van der Waals surface area contributed by atoms with Gasteiger partial charge in [-0.25, -0.2) is 4.39 Å². The van der Waals surface area contributed by atoms with Gasteiger partial charge in [-0.15, -0.1) is 0 Å². The predicted molar refractivity (Wildman–Crippen MR) is 81.5 cm³/mol. The zero-order valence-electron chi connectivity index (χ0n) is 11.1. The first-order valence-corrected chi connectivity index (χ1v) is 7.13. The zero-order valence-corrected chi connectivity index (χ0v) is 12.7. The summed E-state index contributed by atoms with van der Waals surface area (Å²) < 4.78 is 14.9. The molecule has 1 nitrogen and oxygen atoms in total. The third-order valence-electron chi connectivity index (χ3n) is 2.88. The largest absolute Gasteiger partial charge is 0.310 e. The Balaban J connectivity index is 2.31. The SMILES string of the molecule is CC(C)NCc1ccc(F)c(-c2cccc(Br)c2)c1. The quantitative estimate of drug-likeness (QED) is 0.856. The zero-order chi connectivity index (χ0) is 13.8. The van der Waals surface area contributed by atoms with Crippen molar-refractivity contribution in [1.82, 2.24) is 5.32 Å². The van der Waals surface area contributed by atoms with Gasteiger partial charge in [0.1, 0.15) is 5.82 Å². The van der Waals surface area contributed by atoms with Gasteiger partial charge in [0.15, 0.2) is 0 Å². The molecule has 0 spiro atoms. The van der Waals surface area contributed by atoms with Gasteiger partial charge in [-0.3, -0.25) is 0 Å². The first-order valence-electron chi connectivity index (χ1n) is 6.34. The maximum atomic E-state index is 14.0. The average Bonchev–Trinajstić information content (AvgIpc) is 2.37. The first-order chi connectivity index (χ1) is 9.06. The van der Waals surface area contributed by atoms with E-state index in [0.717, 1.165) is 22.1 Å². The Labute approximate surface area is 122 Å². The number of hydrogen-bond donors (Lipinski definition) is 1. The Morgan fingerprint density at radius 2 is 1.95 bits per heavy atom. The molecule has 0 saturated heterocycles. The number of nitrogens with one attached hydrogen (secondary N) is 1. The molecule has 0 heterocycles. The predicted octanol–water partition coefficient (Wildman–Crippen LogP) is 4.75. The summed E-state index contributed by atoms with van der Waals surface area (Å²) in [6.07, 6.45) is 0. The lowest BCUT2D eigenvalue weighted by Crippen LogP contribution is -2.21. The van der Waals surface area contributed by atoms with Crippen molar-refractivity contribution < 1.29 is 4.39 Å². The molecule has 0 saturated carbocycles. The van der Waals surface area contributed by atoms with Crippen molar-refractivity contribution in [2.45, 2.75) is 26.4 Å². The highest BCUT2D eigenvalue weighted by molar-refractivity contribution is 9.10. The average molecular weight is 322 g/mol. The second kappa shape index (κ2) is 6.31. The van der Waals surface area contributed by atoms with Gasteiger partial charge in [0.25, 0.3) is 0 Å². The Bertz CT molecular complexity index is 566. The van der Waals surface area contributed by atoms with Crippen LogP contribution in [0.1, 0.15) is 19.4 Å². The second-order valence-electron chi connectivity index (χ2n) is 4.86. The fourth-order valence-corrected chi connectivity index (χ4v) is 2.28. The number of rotatable bonds is 4. The molecule has 0 radical (unpaired) electrons. The normalized spacial score (nSPS) is 11.0. The van der Waals surface area contributed by atoms with Gasteiger partial charge in [-0.05, 0) is 35.4 Å². The standard InChI is InChI=1S/C16H17BrFN/c1-11(2)19-10-12-6-7-16(18)15(8-12)13-4-3-5-14(17)9-13/h3-9,11,19H,10H2,1-2H3. The van der Waals surface area contributed by atoms with Crippen molar-refractivity contribution in [3.05, 3.63) is 58.3 Å². The molecule has 19 heavy (non-hydrogen) atoms. The molecule has 100 valence electrons. The number of halogens is 2.